The van der Waals surface area contributed by atoms with Crippen molar-refractivity contribution in [2.45, 2.75) is 133 Å². The number of ether oxygens (including phenoxy) is 1. The second-order valence-electron chi connectivity index (χ2n) is 13.3. The molecule has 1 aliphatic carbocycles. The molecule has 5 nitrogen and oxygen atoms in total. The van der Waals surface area contributed by atoms with Gasteiger partial charge in [-0.2, -0.15) is 0 Å². The maximum atomic E-state index is 7.40. The zero-order valence-electron chi connectivity index (χ0n) is 22.5. The van der Waals surface area contributed by atoms with Crippen LogP contribution in [-0.4, -0.2) is 60.9 Å². The van der Waals surface area contributed by atoms with Gasteiger partial charge in [-0.25, -0.2) is 0 Å². The molecule has 192 valence electrons. The monoisotopic (exact) mass is 546 g/mol. The third-order valence-electron chi connectivity index (χ3n) is 8.51. The van der Waals surface area contributed by atoms with Crippen LogP contribution in [0.1, 0.15) is 38.5 Å². The molecule has 3 aliphatic heterocycles. The quantitative estimate of drug-likeness (QED) is 0.283. The Labute approximate surface area is 208 Å². The van der Waals surface area contributed by atoms with E-state index in [0.29, 0.717) is 12.2 Å². The largest absolute Gasteiger partial charge is 0.456 e. The Morgan fingerprint density at radius 3 is 2.06 bits per heavy atom. The molecule has 0 radical (unpaired) electrons. The fraction of sp³-hybridized carbons (Fsp3) is 1.00. The summed E-state index contributed by atoms with van der Waals surface area (Å²) < 4.78 is 34.0. The normalized spacial score (nSPS) is 46.1. The molecule has 0 aromatic carbocycles. The minimum absolute atomic E-state index is 0.584. The van der Waals surface area contributed by atoms with Crippen LogP contribution >= 0.6 is 0 Å². The Balaban J connectivity index is 1.51. The molecule has 0 spiro atoms. The van der Waals surface area contributed by atoms with Crippen LogP contribution in [0.5, 0.6) is 0 Å². The van der Waals surface area contributed by atoms with Crippen molar-refractivity contribution in [2.24, 2.45) is 5.92 Å². The maximum Gasteiger partial charge on any atom is 0.325 e. The van der Waals surface area contributed by atoms with Crippen LogP contribution in [0, 0.1) is 5.92 Å². The predicted octanol–water partition coefficient (Wildman–Crippen LogP) is 6.95. The molecule has 6 atom stereocenters. The van der Waals surface area contributed by atoms with Gasteiger partial charge in [0, 0.05) is 6.61 Å². The molecule has 4 rings (SSSR count). The summed E-state index contributed by atoms with van der Waals surface area (Å²) in [4.78, 5) is 0. The van der Waals surface area contributed by atoms with Crippen molar-refractivity contribution in [3.05, 3.63) is 0 Å². The lowest BCUT2D eigenvalue weighted by molar-refractivity contribution is 0.212. The molecule has 2 bridgehead atoms. The zero-order chi connectivity index (χ0) is 24.0. The van der Waals surface area contributed by atoms with Crippen molar-refractivity contribution in [3.8, 4) is 0 Å². The van der Waals surface area contributed by atoms with Crippen molar-refractivity contribution < 1.29 is 21.5 Å². The fourth-order valence-electron chi connectivity index (χ4n) is 6.53. The van der Waals surface area contributed by atoms with Crippen LogP contribution in [0.3, 0.4) is 0 Å². The first kappa shape index (κ1) is 26.9. The van der Waals surface area contributed by atoms with Crippen molar-refractivity contribution in [1.82, 2.24) is 0 Å². The van der Waals surface area contributed by atoms with E-state index in [4.69, 9.17) is 21.5 Å². The maximum absolute atomic E-state index is 7.40. The van der Waals surface area contributed by atoms with Crippen LogP contribution < -0.4 is 0 Å². The molecule has 1 saturated carbocycles. The Morgan fingerprint density at radius 2 is 1.36 bits per heavy atom. The Kier molecular flexibility index (Phi) is 8.14. The van der Waals surface area contributed by atoms with Gasteiger partial charge in [0.25, 0.3) is 0 Å². The molecule has 4 aliphatic rings. The molecule has 0 aromatic rings. The molecular formula is C23H50O5Si5. The van der Waals surface area contributed by atoms with Gasteiger partial charge in [0.2, 0.25) is 0 Å². The molecule has 6 unspecified atom stereocenters. The summed E-state index contributed by atoms with van der Waals surface area (Å²) >= 11 is 0. The molecule has 3 saturated heterocycles. The average Bonchev–Trinajstić information content (AvgIpc) is 3.47. The third-order valence-corrected chi connectivity index (χ3v) is 29.9. The van der Waals surface area contributed by atoms with Gasteiger partial charge in [0.1, 0.15) is 0 Å². The summed E-state index contributed by atoms with van der Waals surface area (Å²) in [6, 6.07) is 6.99. The molecule has 3 heterocycles. The average molecular weight is 547 g/mol. The first-order chi connectivity index (χ1) is 15.3. The van der Waals surface area contributed by atoms with E-state index in [9.17, 15) is 0 Å². The number of hydrogen-bond donors (Lipinski definition) is 0. The highest BCUT2D eigenvalue weighted by Gasteiger charge is 2.51. The molecular weight excluding hydrogens is 497 g/mol. The van der Waals surface area contributed by atoms with E-state index in [1.54, 1.807) is 0 Å². The van der Waals surface area contributed by atoms with E-state index in [1.807, 2.05) is 0 Å². The second kappa shape index (κ2) is 9.98. The standard InChI is InChI=1S/C23H50O5Si5/c1-29(2)16-18-32(6)24-13-8-9-14-31(5,15-12-21-10-11-22-23(20-21)25-22)27-33(7,28-32)19-17-30(3,4)26-29/h21-23H,8-20H2,1-7H3. The third kappa shape index (κ3) is 7.69. The topological polar surface area (TPSA) is 49.5 Å². The van der Waals surface area contributed by atoms with Gasteiger partial charge in [0.05, 0.1) is 12.2 Å². The molecule has 4 fully saturated rings. The van der Waals surface area contributed by atoms with Gasteiger partial charge < -0.3 is 21.5 Å². The summed E-state index contributed by atoms with van der Waals surface area (Å²) in [6.45, 7) is 17.7. The van der Waals surface area contributed by atoms with Gasteiger partial charge in [-0.1, -0.05) is 12.8 Å². The minimum Gasteiger partial charge on any atom is -0.456 e. The minimum atomic E-state index is -2.35. The smallest absolute Gasteiger partial charge is 0.325 e. The Morgan fingerprint density at radius 1 is 0.667 bits per heavy atom. The molecule has 33 heavy (non-hydrogen) atoms. The lowest BCUT2D eigenvalue weighted by Crippen LogP contribution is -2.59. The van der Waals surface area contributed by atoms with Crippen molar-refractivity contribution in [3.63, 3.8) is 0 Å². The van der Waals surface area contributed by atoms with Gasteiger partial charge in [0.15, 0.2) is 25.0 Å². The SMILES string of the molecule is C[Si]1(C)CC[Si]2(C)OCCCC[Si](C)(CCC3CCC4OC4C3)O[Si](C)(CC[Si](C)(C)O1)O2. The number of rotatable bonds is 3. The van der Waals surface area contributed by atoms with Crippen molar-refractivity contribution in [1.29, 1.82) is 0 Å². The van der Waals surface area contributed by atoms with E-state index >= 15 is 0 Å². The molecule has 0 amide bonds. The lowest BCUT2D eigenvalue weighted by Gasteiger charge is -2.46. The summed E-state index contributed by atoms with van der Waals surface area (Å²) in [5.41, 5.74) is 0. The summed E-state index contributed by atoms with van der Waals surface area (Å²) in [7, 11) is -9.90. The van der Waals surface area contributed by atoms with E-state index < -0.39 is 42.1 Å². The van der Waals surface area contributed by atoms with E-state index in [1.165, 1.54) is 44.2 Å². The highest BCUT2D eigenvalue weighted by Crippen LogP contribution is 2.43. The zero-order valence-corrected chi connectivity index (χ0v) is 27.5. The van der Waals surface area contributed by atoms with E-state index in [2.05, 4.69) is 45.8 Å². The highest BCUT2D eigenvalue weighted by molar-refractivity contribution is 6.91. The number of fused-ring (bicyclic) bond motifs is 3. The molecule has 10 heteroatoms. The number of epoxide rings is 1. The van der Waals surface area contributed by atoms with Gasteiger partial charge in [-0.3, -0.25) is 0 Å². The number of hydrogen-bond acceptors (Lipinski definition) is 5. The van der Waals surface area contributed by atoms with Crippen molar-refractivity contribution in [2.75, 3.05) is 6.61 Å². The first-order valence-corrected chi connectivity index (χ1v) is 27.8. The fourth-order valence-corrected chi connectivity index (χ4v) is 35.4. The van der Waals surface area contributed by atoms with Gasteiger partial charge >= 0.3 is 17.1 Å². The van der Waals surface area contributed by atoms with Crippen molar-refractivity contribution >= 4 is 42.1 Å². The van der Waals surface area contributed by atoms with Crippen LogP contribution in [0.4, 0.5) is 0 Å². The first-order valence-electron chi connectivity index (χ1n) is 13.7. The summed E-state index contributed by atoms with van der Waals surface area (Å²) in [5.74, 6) is 0.839. The van der Waals surface area contributed by atoms with E-state index in [-0.39, 0.29) is 0 Å². The van der Waals surface area contributed by atoms with Crippen LogP contribution in [-0.2, 0) is 21.5 Å². The van der Waals surface area contributed by atoms with Crippen LogP contribution in [0.25, 0.3) is 0 Å². The van der Waals surface area contributed by atoms with Crippen LogP contribution in [0.2, 0.25) is 82.1 Å². The lowest BCUT2D eigenvalue weighted by atomic mass is 9.88. The second-order valence-corrected chi connectivity index (χ2v) is 33.5. The summed E-state index contributed by atoms with van der Waals surface area (Å²) in [5, 5.41) is 0. The Bertz CT molecular complexity index is 696. The predicted molar refractivity (Wildman–Crippen MR) is 148 cm³/mol. The van der Waals surface area contributed by atoms with Gasteiger partial charge in [-0.15, -0.1) is 0 Å². The Hall–Kier alpha value is 0.884. The van der Waals surface area contributed by atoms with E-state index in [0.717, 1.165) is 43.1 Å². The van der Waals surface area contributed by atoms with Crippen LogP contribution in [0.15, 0.2) is 0 Å². The van der Waals surface area contributed by atoms with Gasteiger partial charge in [-0.05, 0) is 114 Å². The molecule has 0 aromatic heterocycles. The molecule has 0 N–H and O–H groups in total. The summed E-state index contributed by atoms with van der Waals surface area (Å²) in [6.07, 6.45) is 8.84. The highest BCUT2D eigenvalue weighted by atomic mass is 28.5.